The van der Waals surface area contributed by atoms with Crippen molar-refractivity contribution in [1.82, 2.24) is 9.88 Å². The predicted molar refractivity (Wildman–Crippen MR) is 137 cm³/mol. The molecule has 0 bridgehead atoms. The Labute approximate surface area is 212 Å². The van der Waals surface area contributed by atoms with Crippen LogP contribution >= 0.6 is 0 Å². The normalized spacial score (nSPS) is 16.9. The van der Waals surface area contributed by atoms with Crippen LogP contribution in [0, 0.1) is 5.82 Å². The van der Waals surface area contributed by atoms with Crippen LogP contribution in [-0.4, -0.2) is 40.4 Å². The summed E-state index contributed by atoms with van der Waals surface area (Å²) in [5.41, 5.74) is 2.36. The van der Waals surface area contributed by atoms with Gasteiger partial charge in [0.25, 0.3) is 11.7 Å². The van der Waals surface area contributed by atoms with Gasteiger partial charge in [-0.15, -0.1) is 0 Å². The Balaban J connectivity index is 1.69. The second-order valence-corrected chi connectivity index (χ2v) is 8.64. The fourth-order valence-corrected chi connectivity index (χ4v) is 4.72. The number of aromatic nitrogens is 1. The van der Waals surface area contributed by atoms with Gasteiger partial charge in [0.2, 0.25) is 0 Å². The number of hydrogen-bond donors (Lipinski definition) is 2. The van der Waals surface area contributed by atoms with E-state index in [2.05, 4.69) is 4.98 Å². The molecule has 1 saturated heterocycles. The van der Waals surface area contributed by atoms with E-state index in [1.165, 1.54) is 24.1 Å². The summed E-state index contributed by atoms with van der Waals surface area (Å²) in [6, 6.07) is 17.3. The monoisotopic (exact) mass is 500 g/mol. The van der Waals surface area contributed by atoms with Crippen molar-refractivity contribution in [3.05, 3.63) is 101 Å². The smallest absolute Gasteiger partial charge is 0.295 e. The molecule has 1 aliphatic heterocycles. The number of para-hydroxylation sites is 1. The maximum Gasteiger partial charge on any atom is 0.295 e. The van der Waals surface area contributed by atoms with Gasteiger partial charge in [0, 0.05) is 29.2 Å². The van der Waals surface area contributed by atoms with Crippen molar-refractivity contribution >= 4 is 28.4 Å². The third kappa shape index (κ3) is 4.31. The second kappa shape index (κ2) is 9.81. The molecule has 3 aromatic carbocycles. The first-order chi connectivity index (χ1) is 17.9. The minimum absolute atomic E-state index is 0.0375. The van der Waals surface area contributed by atoms with Gasteiger partial charge in [-0.05, 0) is 48.4 Å². The first-order valence-electron chi connectivity index (χ1n) is 11.8. The number of likely N-dealkylation sites (tertiary alicyclic amines) is 1. The van der Waals surface area contributed by atoms with Crippen LogP contribution in [0.2, 0.25) is 0 Å². The lowest BCUT2D eigenvalue weighted by Gasteiger charge is -2.26. The average molecular weight is 501 g/mol. The summed E-state index contributed by atoms with van der Waals surface area (Å²) < 4.78 is 24.7. The molecular formula is C29H25FN2O5. The number of carbonyl (C=O) groups is 2. The van der Waals surface area contributed by atoms with E-state index >= 15 is 0 Å². The second-order valence-electron chi connectivity index (χ2n) is 8.64. The Kier molecular flexibility index (Phi) is 6.40. The number of methoxy groups -OCH3 is 1. The standard InChI is InChI=1S/C29H25FN2O5/c1-3-37-24-14-18(10-13-23(24)36-2)26-25(27(33)21-15-31-22-7-5-4-6-20(21)22)28(34)29(35)32(26)16-17-8-11-19(30)12-9-17/h4-15,26,31,33H,3,16H2,1-2H3/b27-25-. The van der Waals surface area contributed by atoms with Gasteiger partial charge < -0.3 is 24.5 Å². The highest BCUT2D eigenvalue weighted by Gasteiger charge is 2.46. The van der Waals surface area contributed by atoms with Crippen molar-refractivity contribution in [2.45, 2.75) is 19.5 Å². The summed E-state index contributed by atoms with van der Waals surface area (Å²) in [5.74, 6) is -1.30. The summed E-state index contributed by atoms with van der Waals surface area (Å²) in [4.78, 5) is 31.2. The summed E-state index contributed by atoms with van der Waals surface area (Å²) in [7, 11) is 1.52. The van der Waals surface area contributed by atoms with Crippen molar-refractivity contribution < 1.29 is 28.6 Å². The maximum atomic E-state index is 13.5. The number of carbonyl (C=O) groups excluding carboxylic acids is 2. The van der Waals surface area contributed by atoms with Crippen LogP contribution in [0.5, 0.6) is 11.5 Å². The van der Waals surface area contributed by atoms with Crippen molar-refractivity contribution in [3.8, 4) is 11.5 Å². The molecule has 2 heterocycles. The molecule has 1 atom stereocenters. The van der Waals surface area contributed by atoms with Crippen LogP contribution in [0.25, 0.3) is 16.7 Å². The van der Waals surface area contributed by atoms with E-state index in [1.807, 2.05) is 31.2 Å². The first-order valence-corrected chi connectivity index (χ1v) is 11.8. The molecule has 188 valence electrons. The van der Waals surface area contributed by atoms with Crippen LogP contribution in [0.4, 0.5) is 4.39 Å². The Morgan fingerprint density at radius 3 is 2.54 bits per heavy atom. The number of hydrogen-bond acceptors (Lipinski definition) is 5. The zero-order chi connectivity index (χ0) is 26.1. The third-order valence-corrected chi connectivity index (χ3v) is 6.45. The fraction of sp³-hybridized carbons (Fsp3) is 0.172. The largest absolute Gasteiger partial charge is 0.507 e. The molecule has 37 heavy (non-hydrogen) atoms. The van der Waals surface area contributed by atoms with E-state index in [9.17, 15) is 19.1 Å². The number of benzene rings is 3. The molecular weight excluding hydrogens is 475 g/mol. The Bertz CT molecular complexity index is 1520. The lowest BCUT2D eigenvalue weighted by molar-refractivity contribution is -0.140. The van der Waals surface area contributed by atoms with Crippen LogP contribution in [0.15, 0.2) is 78.5 Å². The minimum Gasteiger partial charge on any atom is -0.507 e. The van der Waals surface area contributed by atoms with Crippen LogP contribution in [0.1, 0.15) is 29.7 Å². The molecule has 8 heteroatoms. The molecule has 0 spiro atoms. The number of aromatic amines is 1. The molecule has 2 N–H and O–H groups in total. The number of aliphatic hydroxyl groups excluding tert-OH is 1. The molecule has 5 rings (SSSR count). The molecule has 1 unspecified atom stereocenters. The van der Waals surface area contributed by atoms with Crippen LogP contribution < -0.4 is 9.47 Å². The van der Waals surface area contributed by atoms with Gasteiger partial charge in [-0.2, -0.15) is 0 Å². The quantitative estimate of drug-likeness (QED) is 0.203. The highest BCUT2D eigenvalue weighted by molar-refractivity contribution is 6.46. The number of amides is 1. The number of ether oxygens (including phenoxy) is 2. The molecule has 1 amide bonds. The number of Topliss-reactive ketones (excluding diaryl/α,β-unsaturated/α-hetero) is 1. The van der Waals surface area contributed by atoms with Gasteiger partial charge in [0.15, 0.2) is 11.5 Å². The average Bonchev–Trinajstić information content (AvgIpc) is 3.45. The van der Waals surface area contributed by atoms with E-state index in [1.54, 1.807) is 36.5 Å². The van der Waals surface area contributed by atoms with Crippen molar-refractivity contribution in [2.24, 2.45) is 0 Å². The highest BCUT2D eigenvalue weighted by Crippen LogP contribution is 2.43. The number of nitrogens with zero attached hydrogens (tertiary/aromatic N) is 1. The van der Waals surface area contributed by atoms with E-state index < -0.39 is 23.5 Å². The third-order valence-electron chi connectivity index (χ3n) is 6.45. The number of aliphatic hydroxyl groups is 1. The summed E-state index contributed by atoms with van der Waals surface area (Å²) in [6.45, 7) is 2.25. The molecule has 7 nitrogen and oxygen atoms in total. The number of H-pyrrole nitrogens is 1. The van der Waals surface area contributed by atoms with Crippen molar-refractivity contribution in [1.29, 1.82) is 0 Å². The fourth-order valence-electron chi connectivity index (χ4n) is 4.72. The van der Waals surface area contributed by atoms with Gasteiger partial charge in [0.1, 0.15) is 11.6 Å². The van der Waals surface area contributed by atoms with Crippen LogP contribution in [0.3, 0.4) is 0 Å². The van der Waals surface area contributed by atoms with E-state index in [4.69, 9.17) is 9.47 Å². The van der Waals surface area contributed by atoms with Gasteiger partial charge in [-0.3, -0.25) is 9.59 Å². The zero-order valence-electron chi connectivity index (χ0n) is 20.3. The molecule has 0 aliphatic carbocycles. The first kappa shape index (κ1) is 24.1. The number of fused-ring (bicyclic) bond motifs is 1. The molecule has 1 aliphatic rings. The van der Waals surface area contributed by atoms with Crippen LogP contribution in [-0.2, 0) is 16.1 Å². The zero-order valence-corrected chi connectivity index (χ0v) is 20.3. The SMILES string of the molecule is CCOc1cc(C2/C(=C(/O)c3c[nH]c4ccccc34)C(=O)C(=O)N2Cc2ccc(F)cc2)ccc1OC. The van der Waals surface area contributed by atoms with Gasteiger partial charge in [0.05, 0.1) is 25.3 Å². The number of nitrogens with one attached hydrogen (secondary N) is 1. The lowest BCUT2D eigenvalue weighted by Crippen LogP contribution is -2.29. The molecule has 1 fully saturated rings. The van der Waals surface area contributed by atoms with Gasteiger partial charge in [-0.25, -0.2) is 4.39 Å². The summed E-state index contributed by atoms with van der Waals surface area (Å²) in [5, 5.41) is 12.2. The molecule has 1 aromatic heterocycles. The minimum atomic E-state index is -0.913. The van der Waals surface area contributed by atoms with E-state index in [0.29, 0.717) is 40.2 Å². The summed E-state index contributed by atoms with van der Waals surface area (Å²) >= 11 is 0. The highest BCUT2D eigenvalue weighted by atomic mass is 19.1. The molecule has 0 radical (unpaired) electrons. The maximum absolute atomic E-state index is 13.5. The Morgan fingerprint density at radius 1 is 1.05 bits per heavy atom. The number of halogens is 1. The molecule has 0 saturated carbocycles. The van der Waals surface area contributed by atoms with Crippen molar-refractivity contribution in [2.75, 3.05) is 13.7 Å². The topological polar surface area (TPSA) is 91.9 Å². The lowest BCUT2D eigenvalue weighted by atomic mass is 9.94. The van der Waals surface area contributed by atoms with E-state index in [-0.39, 0.29) is 17.9 Å². The van der Waals surface area contributed by atoms with Crippen molar-refractivity contribution in [3.63, 3.8) is 0 Å². The summed E-state index contributed by atoms with van der Waals surface area (Å²) in [6.07, 6.45) is 1.62. The number of rotatable bonds is 7. The van der Waals surface area contributed by atoms with Gasteiger partial charge in [-0.1, -0.05) is 36.4 Å². The predicted octanol–water partition coefficient (Wildman–Crippen LogP) is 5.34. The Hall–Kier alpha value is -4.59. The van der Waals surface area contributed by atoms with E-state index in [0.717, 1.165) is 5.52 Å². The molecule has 4 aromatic rings. The Morgan fingerprint density at radius 2 is 1.81 bits per heavy atom. The van der Waals surface area contributed by atoms with Gasteiger partial charge >= 0.3 is 0 Å². The number of ketones is 1.